The second-order valence-electron chi connectivity index (χ2n) is 4.44. The van der Waals surface area contributed by atoms with Gasteiger partial charge < -0.3 is 10.1 Å². The summed E-state index contributed by atoms with van der Waals surface area (Å²) in [4.78, 5) is 10.4. The second-order valence-corrected chi connectivity index (χ2v) is 4.44. The third kappa shape index (κ3) is 5.09. The Bertz CT molecular complexity index is 458. The van der Waals surface area contributed by atoms with Gasteiger partial charge in [-0.15, -0.1) is 0 Å². The molecule has 0 bridgehead atoms. The summed E-state index contributed by atoms with van der Waals surface area (Å²) in [5.74, 6) is 0.293. The Balaban J connectivity index is 2.59. The molecule has 0 radical (unpaired) electrons. The molecule has 0 saturated carbocycles. The maximum absolute atomic E-state index is 10.9. The smallest absolute Gasteiger partial charge is 0.310 e. The van der Waals surface area contributed by atoms with Crippen LogP contribution < -0.4 is 10.1 Å². The Hall–Kier alpha value is -1.88. The predicted molar refractivity (Wildman–Crippen MR) is 75.6 cm³/mol. The van der Waals surface area contributed by atoms with Crippen LogP contribution >= 0.6 is 0 Å². The molecule has 1 aromatic carbocycles. The van der Waals surface area contributed by atoms with Crippen molar-refractivity contribution in [2.75, 3.05) is 19.7 Å². The second kappa shape index (κ2) is 7.53. The highest BCUT2D eigenvalue weighted by molar-refractivity contribution is 5.48. The van der Waals surface area contributed by atoms with Crippen LogP contribution in [0.1, 0.15) is 18.9 Å². The van der Waals surface area contributed by atoms with Gasteiger partial charge in [0, 0.05) is 12.6 Å². The van der Waals surface area contributed by atoms with Crippen LogP contribution in [-0.2, 0) is 0 Å². The maximum atomic E-state index is 10.9. The summed E-state index contributed by atoms with van der Waals surface area (Å²) in [5.41, 5.74) is 1.78. The van der Waals surface area contributed by atoms with Gasteiger partial charge in [0.1, 0.15) is 6.61 Å². The number of hydrogen-bond acceptors (Lipinski definition) is 4. The molecule has 5 heteroatoms. The number of nitrogens with one attached hydrogen (secondary N) is 1. The van der Waals surface area contributed by atoms with Crippen LogP contribution in [0.4, 0.5) is 5.69 Å². The van der Waals surface area contributed by atoms with Gasteiger partial charge in [0.05, 0.1) is 4.92 Å². The highest BCUT2D eigenvalue weighted by Crippen LogP contribution is 2.27. The van der Waals surface area contributed by atoms with E-state index in [1.165, 1.54) is 6.07 Å². The highest BCUT2D eigenvalue weighted by atomic mass is 16.6. The molecular weight excluding hydrogens is 244 g/mol. The first-order chi connectivity index (χ1) is 9.04. The number of nitrogens with zero attached hydrogens (tertiary/aromatic N) is 1. The fourth-order valence-electron chi connectivity index (χ4n) is 1.56. The summed E-state index contributed by atoms with van der Waals surface area (Å²) >= 11 is 0. The molecule has 0 spiro atoms. The van der Waals surface area contributed by atoms with E-state index in [1.54, 1.807) is 12.1 Å². The normalized spacial score (nSPS) is 10.2. The van der Waals surface area contributed by atoms with Crippen molar-refractivity contribution < 1.29 is 9.66 Å². The van der Waals surface area contributed by atoms with Crippen LogP contribution in [0.3, 0.4) is 0 Å². The first kappa shape index (κ1) is 15.2. The van der Waals surface area contributed by atoms with Gasteiger partial charge in [-0.2, -0.15) is 0 Å². The molecule has 0 saturated heterocycles. The largest absolute Gasteiger partial charge is 0.482 e. The zero-order chi connectivity index (χ0) is 14.3. The van der Waals surface area contributed by atoms with Crippen LogP contribution in [0.15, 0.2) is 30.4 Å². The van der Waals surface area contributed by atoms with Crippen molar-refractivity contribution in [3.05, 3.63) is 46.0 Å². The van der Waals surface area contributed by atoms with Crippen molar-refractivity contribution in [1.29, 1.82) is 0 Å². The molecule has 104 valence electrons. The Morgan fingerprint density at radius 1 is 1.53 bits per heavy atom. The number of hydrogen-bond donors (Lipinski definition) is 1. The standard InChI is InChI=1S/C14H20N2O3/c1-4-7-15-9-12(3)10-19-14-8-11(2)5-6-13(14)16(17)18/h5-6,8,15H,3-4,7,9-10H2,1-2H3. The molecule has 5 nitrogen and oxygen atoms in total. The number of nitro benzene ring substituents is 1. The summed E-state index contributed by atoms with van der Waals surface area (Å²) in [7, 11) is 0. The molecular formula is C14H20N2O3. The van der Waals surface area contributed by atoms with Gasteiger partial charge in [-0.25, -0.2) is 0 Å². The van der Waals surface area contributed by atoms with E-state index in [2.05, 4.69) is 18.8 Å². The quantitative estimate of drug-likeness (QED) is 0.339. The first-order valence-electron chi connectivity index (χ1n) is 6.29. The zero-order valence-corrected chi connectivity index (χ0v) is 11.4. The van der Waals surface area contributed by atoms with Gasteiger partial charge in [0.15, 0.2) is 5.75 Å². The van der Waals surface area contributed by atoms with Crippen molar-refractivity contribution >= 4 is 5.69 Å². The van der Waals surface area contributed by atoms with E-state index in [-0.39, 0.29) is 12.3 Å². The minimum atomic E-state index is -0.438. The Kier molecular flexibility index (Phi) is 6.02. The van der Waals surface area contributed by atoms with Gasteiger partial charge in [-0.1, -0.05) is 19.6 Å². The van der Waals surface area contributed by atoms with E-state index < -0.39 is 4.92 Å². The fourth-order valence-corrected chi connectivity index (χ4v) is 1.56. The van der Waals surface area contributed by atoms with Gasteiger partial charge in [-0.3, -0.25) is 10.1 Å². The van der Waals surface area contributed by atoms with Crippen LogP contribution in [0, 0.1) is 17.0 Å². The summed E-state index contributed by atoms with van der Waals surface area (Å²) in [5, 5.41) is 14.1. The lowest BCUT2D eigenvalue weighted by molar-refractivity contribution is -0.385. The summed E-state index contributed by atoms with van der Waals surface area (Å²) in [6, 6.07) is 4.83. The number of nitro groups is 1. The lowest BCUT2D eigenvalue weighted by Crippen LogP contribution is -2.20. The fraction of sp³-hybridized carbons (Fsp3) is 0.429. The van der Waals surface area contributed by atoms with Gasteiger partial charge in [0.2, 0.25) is 0 Å². The van der Waals surface area contributed by atoms with Crippen LogP contribution in [0.25, 0.3) is 0 Å². The molecule has 0 aliphatic rings. The molecule has 0 heterocycles. The third-order valence-corrected chi connectivity index (χ3v) is 2.55. The Morgan fingerprint density at radius 2 is 2.26 bits per heavy atom. The highest BCUT2D eigenvalue weighted by Gasteiger charge is 2.14. The molecule has 19 heavy (non-hydrogen) atoms. The van der Waals surface area contributed by atoms with Crippen LogP contribution in [0.5, 0.6) is 5.75 Å². The van der Waals surface area contributed by atoms with E-state index in [0.717, 1.165) is 24.1 Å². The first-order valence-corrected chi connectivity index (χ1v) is 6.29. The summed E-state index contributed by atoms with van der Waals surface area (Å²) < 4.78 is 5.49. The number of benzene rings is 1. The number of ether oxygens (including phenoxy) is 1. The number of rotatable bonds is 8. The van der Waals surface area contributed by atoms with Crippen molar-refractivity contribution in [2.45, 2.75) is 20.3 Å². The lowest BCUT2D eigenvalue weighted by atomic mass is 10.2. The monoisotopic (exact) mass is 264 g/mol. The SMILES string of the molecule is C=C(CNCCC)COc1cc(C)ccc1[N+](=O)[O-]. The van der Waals surface area contributed by atoms with Gasteiger partial charge in [-0.05, 0) is 37.1 Å². The molecule has 1 rings (SSSR count). The van der Waals surface area contributed by atoms with Crippen LogP contribution in [-0.4, -0.2) is 24.6 Å². The predicted octanol–water partition coefficient (Wildman–Crippen LogP) is 2.84. The Labute approximate surface area is 113 Å². The zero-order valence-electron chi connectivity index (χ0n) is 11.4. The molecule has 0 aliphatic carbocycles. The Morgan fingerprint density at radius 3 is 2.89 bits per heavy atom. The van der Waals surface area contributed by atoms with E-state index in [9.17, 15) is 10.1 Å². The average molecular weight is 264 g/mol. The topological polar surface area (TPSA) is 64.4 Å². The van der Waals surface area contributed by atoms with E-state index >= 15 is 0 Å². The molecule has 0 atom stereocenters. The minimum Gasteiger partial charge on any atom is -0.482 e. The van der Waals surface area contributed by atoms with Crippen molar-refractivity contribution in [3.63, 3.8) is 0 Å². The van der Waals surface area contributed by atoms with Gasteiger partial charge in [0.25, 0.3) is 0 Å². The van der Waals surface area contributed by atoms with E-state index in [0.29, 0.717) is 12.3 Å². The van der Waals surface area contributed by atoms with Gasteiger partial charge >= 0.3 is 5.69 Å². The third-order valence-electron chi connectivity index (χ3n) is 2.55. The lowest BCUT2D eigenvalue weighted by Gasteiger charge is -2.10. The molecule has 0 unspecified atom stereocenters. The molecule has 0 amide bonds. The van der Waals surface area contributed by atoms with Crippen molar-refractivity contribution in [2.24, 2.45) is 0 Å². The van der Waals surface area contributed by atoms with Crippen molar-refractivity contribution in [1.82, 2.24) is 5.32 Å². The summed E-state index contributed by atoms with van der Waals surface area (Å²) in [6.07, 6.45) is 1.05. The minimum absolute atomic E-state index is 0.0140. The number of aryl methyl sites for hydroxylation is 1. The molecule has 1 N–H and O–H groups in total. The van der Waals surface area contributed by atoms with E-state index in [1.807, 2.05) is 6.92 Å². The maximum Gasteiger partial charge on any atom is 0.310 e. The van der Waals surface area contributed by atoms with Crippen molar-refractivity contribution in [3.8, 4) is 5.75 Å². The van der Waals surface area contributed by atoms with E-state index in [4.69, 9.17) is 4.74 Å². The molecule has 1 aromatic rings. The molecule has 0 aliphatic heterocycles. The average Bonchev–Trinajstić information content (AvgIpc) is 2.36. The molecule has 0 aromatic heterocycles. The van der Waals surface area contributed by atoms with Crippen LogP contribution in [0.2, 0.25) is 0 Å². The summed E-state index contributed by atoms with van der Waals surface area (Å²) in [6.45, 7) is 9.70. The molecule has 0 fully saturated rings.